The van der Waals surface area contributed by atoms with Gasteiger partial charge in [-0.25, -0.2) is 4.98 Å². The molecule has 0 radical (unpaired) electrons. The minimum Gasteiger partial charge on any atom is -0.370 e. The first-order chi connectivity index (χ1) is 9.22. The second kappa shape index (κ2) is 6.22. The smallest absolute Gasteiger partial charge is 0.128 e. The minimum absolute atomic E-state index is 0.750. The Morgan fingerprint density at radius 3 is 2.58 bits per heavy atom. The van der Waals surface area contributed by atoms with E-state index in [0.29, 0.717) is 0 Å². The standard InChI is InChI=1S/C14H21N5/c1-4-12-11(10-19(3)18-12)9-16-14-8-6-7-13(17-14)15-5-2/h6-8,10H,4-5,9H2,1-3H3,(H2,15,16,17). The van der Waals surface area contributed by atoms with E-state index >= 15 is 0 Å². The fourth-order valence-corrected chi connectivity index (χ4v) is 2.03. The number of nitrogens with zero attached hydrogens (tertiary/aromatic N) is 3. The van der Waals surface area contributed by atoms with Crippen LogP contribution in [-0.4, -0.2) is 21.3 Å². The van der Waals surface area contributed by atoms with Gasteiger partial charge in [0.25, 0.3) is 0 Å². The number of hydrogen-bond donors (Lipinski definition) is 2. The maximum absolute atomic E-state index is 4.49. The van der Waals surface area contributed by atoms with Gasteiger partial charge in [0.15, 0.2) is 0 Å². The highest BCUT2D eigenvalue weighted by Crippen LogP contribution is 2.12. The van der Waals surface area contributed by atoms with E-state index in [1.807, 2.05) is 29.9 Å². The summed E-state index contributed by atoms with van der Waals surface area (Å²) in [4.78, 5) is 4.49. The van der Waals surface area contributed by atoms with Crippen molar-refractivity contribution in [3.63, 3.8) is 0 Å². The third kappa shape index (κ3) is 3.47. The molecule has 0 spiro atoms. The van der Waals surface area contributed by atoms with Crippen molar-refractivity contribution in [2.75, 3.05) is 17.2 Å². The van der Waals surface area contributed by atoms with Gasteiger partial charge in [-0.2, -0.15) is 5.10 Å². The Bertz CT molecular complexity index is 532. The average Bonchev–Trinajstić information content (AvgIpc) is 2.78. The molecule has 0 saturated carbocycles. The second-order valence-corrected chi connectivity index (χ2v) is 4.42. The molecule has 19 heavy (non-hydrogen) atoms. The number of anilines is 2. The van der Waals surface area contributed by atoms with Crippen molar-refractivity contribution in [3.05, 3.63) is 35.7 Å². The van der Waals surface area contributed by atoms with Crippen LogP contribution < -0.4 is 10.6 Å². The van der Waals surface area contributed by atoms with Crippen LogP contribution in [0.4, 0.5) is 11.6 Å². The van der Waals surface area contributed by atoms with Crippen molar-refractivity contribution in [2.45, 2.75) is 26.8 Å². The van der Waals surface area contributed by atoms with Gasteiger partial charge >= 0.3 is 0 Å². The first-order valence-electron chi connectivity index (χ1n) is 6.69. The summed E-state index contributed by atoms with van der Waals surface area (Å²) >= 11 is 0. The molecule has 2 N–H and O–H groups in total. The van der Waals surface area contributed by atoms with E-state index < -0.39 is 0 Å². The molecule has 0 amide bonds. The molecule has 0 aliphatic heterocycles. The highest BCUT2D eigenvalue weighted by Gasteiger charge is 2.05. The molecular formula is C14H21N5. The zero-order chi connectivity index (χ0) is 13.7. The molecule has 102 valence electrons. The van der Waals surface area contributed by atoms with Crippen molar-refractivity contribution >= 4 is 11.6 Å². The number of nitrogens with one attached hydrogen (secondary N) is 2. The van der Waals surface area contributed by atoms with Gasteiger partial charge < -0.3 is 10.6 Å². The molecule has 0 unspecified atom stereocenters. The van der Waals surface area contributed by atoms with Gasteiger partial charge in [0.1, 0.15) is 11.6 Å². The third-order valence-corrected chi connectivity index (χ3v) is 2.89. The lowest BCUT2D eigenvalue weighted by atomic mass is 10.2. The maximum Gasteiger partial charge on any atom is 0.128 e. The summed E-state index contributed by atoms with van der Waals surface area (Å²) in [6.45, 7) is 5.81. The van der Waals surface area contributed by atoms with Crippen molar-refractivity contribution < 1.29 is 0 Å². The molecule has 2 aromatic heterocycles. The quantitative estimate of drug-likeness (QED) is 0.836. The Hall–Kier alpha value is -2.04. The van der Waals surface area contributed by atoms with E-state index in [9.17, 15) is 0 Å². The van der Waals surface area contributed by atoms with Crippen LogP contribution in [0.15, 0.2) is 24.4 Å². The van der Waals surface area contributed by atoms with E-state index in [2.05, 4.69) is 40.8 Å². The van der Waals surface area contributed by atoms with E-state index in [1.165, 1.54) is 5.56 Å². The van der Waals surface area contributed by atoms with Crippen molar-refractivity contribution in [1.82, 2.24) is 14.8 Å². The molecule has 0 aromatic carbocycles. The summed E-state index contributed by atoms with van der Waals surface area (Å²) in [5, 5.41) is 11.0. The summed E-state index contributed by atoms with van der Waals surface area (Å²) < 4.78 is 1.86. The molecule has 5 nitrogen and oxygen atoms in total. The molecule has 2 aromatic rings. The molecule has 0 atom stereocenters. The summed E-state index contributed by atoms with van der Waals surface area (Å²) in [7, 11) is 1.95. The van der Waals surface area contributed by atoms with Crippen molar-refractivity contribution in [2.24, 2.45) is 7.05 Å². The lowest BCUT2D eigenvalue weighted by molar-refractivity contribution is 0.746. The Morgan fingerprint density at radius 2 is 1.89 bits per heavy atom. The van der Waals surface area contributed by atoms with E-state index in [-0.39, 0.29) is 0 Å². The second-order valence-electron chi connectivity index (χ2n) is 4.42. The van der Waals surface area contributed by atoms with Crippen LogP contribution in [-0.2, 0) is 20.0 Å². The lowest BCUT2D eigenvalue weighted by Gasteiger charge is -2.07. The number of rotatable bonds is 6. The van der Waals surface area contributed by atoms with Gasteiger partial charge in [0.05, 0.1) is 5.69 Å². The van der Waals surface area contributed by atoms with Gasteiger partial charge in [0, 0.05) is 31.9 Å². The molecule has 0 saturated heterocycles. The largest absolute Gasteiger partial charge is 0.370 e. The predicted octanol–water partition coefficient (Wildman–Crippen LogP) is 2.42. The van der Waals surface area contributed by atoms with E-state index in [0.717, 1.165) is 36.8 Å². The topological polar surface area (TPSA) is 54.8 Å². The Balaban J connectivity index is 2.03. The van der Waals surface area contributed by atoms with Crippen LogP contribution >= 0.6 is 0 Å². The average molecular weight is 259 g/mol. The monoisotopic (exact) mass is 259 g/mol. The Labute approximate surface area is 114 Å². The van der Waals surface area contributed by atoms with Gasteiger partial charge in [-0.1, -0.05) is 13.0 Å². The van der Waals surface area contributed by atoms with Crippen LogP contribution in [0.3, 0.4) is 0 Å². The molecule has 5 heteroatoms. The summed E-state index contributed by atoms with van der Waals surface area (Å²) in [6, 6.07) is 5.94. The minimum atomic E-state index is 0.750. The lowest BCUT2D eigenvalue weighted by Crippen LogP contribution is -2.05. The SMILES string of the molecule is CCNc1cccc(NCc2cn(C)nc2CC)n1. The van der Waals surface area contributed by atoms with E-state index in [1.54, 1.807) is 0 Å². The van der Waals surface area contributed by atoms with Gasteiger partial charge in [-0.15, -0.1) is 0 Å². The van der Waals surface area contributed by atoms with Crippen LogP contribution in [0.2, 0.25) is 0 Å². The highest BCUT2D eigenvalue weighted by molar-refractivity contribution is 5.45. The van der Waals surface area contributed by atoms with Gasteiger partial charge in [-0.3, -0.25) is 4.68 Å². The summed E-state index contributed by atoms with van der Waals surface area (Å²) in [5.41, 5.74) is 2.36. The molecule has 0 aliphatic carbocycles. The Morgan fingerprint density at radius 1 is 1.16 bits per heavy atom. The Kier molecular flexibility index (Phi) is 4.39. The van der Waals surface area contributed by atoms with Crippen LogP contribution in [0.1, 0.15) is 25.1 Å². The molecule has 2 rings (SSSR count). The molecule has 0 aliphatic rings. The first kappa shape index (κ1) is 13.4. The first-order valence-corrected chi connectivity index (χ1v) is 6.69. The number of aromatic nitrogens is 3. The maximum atomic E-state index is 4.49. The van der Waals surface area contributed by atoms with Crippen LogP contribution in [0.25, 0.3) is 0 Å². The summed E-state index contributed by atoms with van der Waals surface area (Å²) in [5.74, 6) is 1.78. The van der Waals surface area contributed by atoms with Crippen LogP contribution in [0.5, 0.6) is 0 Å². The van der Waals surface area contributed by atoms with Crippen molar-refractivity contribution in [3.8, 4) is 0 Å². The van der Waals surface area contributed by atoms with Crippen LogP contribution in [0, 0.1) is 0 Å². The predicted molar refractivity (Wildman–Crippen MR) is 78.3 cm³/mol. The zero-order valence-electron chi connectivity index (χ0n) is 11.8. The summed E-state index contributed by atoms with van der Waals surface area (Å²) in [6.07, 6.45) is 3.00. The molecular weight excluding hydrogens is 238 g/mol. The fourth-order valence-electron chi connectivity index (χ4n) is 2.03. The molecule has 0 fully saturated rings. The fraction of sp³-hybridized carbons (Fsp3) is 0.429. The van der Waals surface area contributed by atoms with E-state index in [4.69, 9.17) is 0 Å². The number of hydrogen-bond acceptors (Lipinski definition) is 4. The normalized spacial score (nSPS) is 10.5. The number of aryl methyl sites for hydroxylation is 2. The third-order valence-electron chi connectivity index (χ3n) is 2.89. The highest BCUT2D eigenvalue weighted by atomic mass is 15.3. The van der Waals surface area contributed by atoms with Gasteiger partial charge in [0.2, 0.25) is 0 Å². The molecule has 0 bridgehead atoms. The number of pyridine rings is 1. The molecule has 2 heterocycles. The zero-order valence-corrected chi connectivity index (χ0v) is 11.8. The van der Waals surface area contributed by atoms with Gasteiger partial charge in [-0.05, 0) is 25.5 Å². The van der Waals surface area contributed by atoms with Crippen molar-refractivity contribution in [1.29, 1.82) is 0 Å².